The number of hydrogen-bond acceptors (Lipinski definition) is 3. The van der Waals surface area contributed by atoms with Crippen molar-refractivity contribution in [3.8, 4) is 0 Å². The van der Waals surface area contributed by atoms with Gasteiger partial charge in [0.2, 0.25) is 0 Å². The van der Waals surface area contributed by atoms with Gasteiger partial charge in [0.1, 0.15) is 6.23 Å². The summed E-state index contributed by atoms with van der Waals surface area (Å²) in [6.45, 7) is 5.48. The Hall–Kier alpha value is -1.39. The predicted octanol–water partition coefficient (Wildman–Crippen LogP) is 3.39. The minimum absolute atomic E-state index is 0.226. The monoisotopic (exact) mass is 330 g/mol. The van der Waals surface area contributed by atoms with E-state index >= 15 is 0 Å². The van der Waals surface area contributed by atoms with Crippen molar-refractivity contribution in [3.05, 3.63) is 70.7 Å². The van der Waals surface area contributed by atoms with Crippen molar-refractivity contribution in [1.29, 1.82) is 0 Å². The molecule has 23 heavy (non-hydrogen) atoms. The summed E-state index contributed by atoms with van der Waals surface area (Å²) in [5.74, 6) is 0. The molecule has 122 valence electrons. The molecule has 1 fully saturated rings. The Labute approximate surface area is 143 Å². The number of piperazine rings is 1. The van der Waals surface area contributed by atoms with E-state index in [1.165, 1.54) is 11.1 Å². The molecule has 2 atom stereocenters. The van der Waals surface area contributed by atoms with Crippen LogP contribution in [0, 0.1) is 0 Å². The van der Waals surface area contributed by atoms with Gasteiger partial charge in [-0.2, -0.15) is 0 Å². The van der Waals surface area contributed by atoms with Gasteiger partial charge in [-0.3, -0.25) is 9.80 Å². The highest BCUT2D eigenvalue weighted by Gasteiger charge is 2.27. The zero-order chi connectivity index (χ0) is 16.2. The number of aliphatic hydroxyl groups excluding tert-OH is 1. The van der Waals surface area contributed by atoms with E-state index in [1.54, 1.807) is 0 Å². The summed E-state index contributed by atoms with van der Waals surface area (Å²) in [4.78, 5) is 4.60. The zero-order valence-electron chi connectivity index (χ0n) is 13.4. The molecule has 0 saturated carbocycles. The third-order valence-corrected chi connectivity index (χ3v) is 4.80. The maximum atomic E-state index is 9.76. The van der Waals surface area contributed by atoms with Crippen molar-refractivity contribution in [3.63, 3.8) is 0 Å². The molecule has 1 N–H and O–H groups in total. The number of rotatable bonds is 4. The summed E-state index contributed by atoms with van der Waals surface area (Å²) in [7, 11) is 0. The van der Waals surface area contributed by atoms with E-state index in [9.17, 15) is 5.11 Å². The molecule has 3 nitrogen and oxygen atoms in total. The van der Waals surface area contributed by atoms with Crippen LogP contribution in [0.1, 0.15) is 24.1 Å². The molecule has 0 aliphatic carbocycles. The molecule has 0 radical (unpaired) electrons. The SMILES string of the molecule is C[C@H](O)N1CCN([C@@H](c2ccccc2)c2ccc(Cl)cc2)CC1. The summed E-state index contributed by atoms with van der Waals surface area (Å²) in [5, 5.41) is 10.5. The Kier molecular flexibility index (Phi) is 5.34. The van der Waals surface area contributed by atoms with Crippen molar-refractivity contribution in [2.45, 2.75) is 19.2 Å². The van der Waals surface area contributed by atoms with Gasteiger partial charge in [-0.05, 0) is 30.2 Å². The number of hydrogen-bond donors (Lipinski definition) is 1. The zero-order valence-corrected chi connectivity index (χ0v) is 14.2. The number of benzene rings is 2. The highest BCUT2D eigenvalue weighted by molar-refractivity contribution is 6.30. The third kappa shape index (κ3) is 3.93. The summed E-state index contributed by atoms with van der Waals surface area (Å²) in [6, 6.07) is 19.0. The fourth-order valence-electron chi connectivity index (χ4n) is 3.26. The molecule has 2 aromatic carbocycles. The predicted molar refractivity (Wildman–Crippen MR) is 94.6 cm³/mol. The fourth-order valence-corrected chi connectivity index (χ4v) is 3.39. The highest BCUT2D eigenvalue weighted by Crippen LogP contribution is 2.30. The molecule has 2 aromatic rings. The molecule has 0 bridgehead atoms. The molecule has 0 unspecified atom stereocenters. The average Bonchev–Trinajstić information content (AvgIpc) is 2.58. The van der Waals surface area contributed by atoms with Crippen molar-refractivity contribution < 1.29 is 5.11 Å². The molecule has 1 heterocycles. The quantitative estimate of drug-likeness (QED) is 0.931. The van der Waals surface area contributed by atoms with Crippen LogP contribution in [-0.4, -0.2) is 47.3 Å². The van der Waals surface area contributed by atoms with Crippen LogP contribution in [0.3, 0.4) is 0 Å². The van der Waals surface area contributed by atoms with Gasteiger partial charge in [-0.15, -0.1) is 0 Å². The van der Waals surface area contributed by atoms with Gasteiger partial charge in [0.25, 0.3) is 0 Å². The molecular weight excluding hydrogens is 308 g/mol. The first kappa shape index (κ1) is 16.5. The molecule has 1 aliphatic heterocycles. The van der Waals surface area contributed by atoms with Crippen LogP contribution in [0.4, 0.5) is 0 Å². The van der Waals surface area contributed by atoms with Crippen molar-refractivity contribution >= 4 is 11.6 Å². The van der Waals surface area contributed by atoms with Gasteiger partial charge < -0.3 is 5.11 Å². The van der Waals surface area contributed by atoms with Crippen LogP contribution in [0.2, 0.25) is 5.02 Å². The van der Waals surface area contributed by atoms with Crippen molar-refractivity contribution in [2.24, 2.45) is 0 Å². The van der Waals surface area contributed by atoms with Gasteiger partial charge in [0, 0.05) is 31.2 Å². The summed E-state index contributed by atoms with van der Waals surface area (Å²) in [6.07, 6.45) is -0.372. The number of nitrogens with zero attached hydrogens (tertiary/aromatic N) is 2. The number of halogens is 1. The summed E-state index contributed by atoms with van der Waals surface area (Å²) < 4.78 is 0. The Balaban J connectivity index is 1.86. The minimum Gasteiger partial charge on any atom is -0.379 e. The largest absolute Gasteiger partial charge is 0.379 e. The van der Waals surface area contributed by atoms with Crippen molar-refractivity contribution in [1.82, 2.24) is 9.80 Å². The molecular formula is C19H23ClN2O. The van der Waals surface area contributed by atoms with E-state index in [0.29, 0.717) is 0 Å². The standard InChI is InChI=1S/C19H23ClN2O/c1-15(23)21-11-13-22(14-12-21)19(16-5-3-2-4-6-16)17-7-9-18(20)10-8-17/h2-10,15,19,23H,11-14H2,1H3/t15-,19-/m0/s1. The topological polar surface area (TPSA) is 26.7 Å². The van der Waals surface area contributed by atoms with Gasteiger partial charge in [-0.25, -0.2) is 0 Å². The second-order valence-electron chi connectivity index (χ2n) is 6.07. The Morgan fingerprint density at radius 2 is 1.35 bits per heavy atom. The maximum absolute atomic E-state index is 9.76. The molecule has 3 rings (SSSR count). The third-order valence-electron chi connectivity index (χ3n) is 4.54. The first-order valence-corrected chi connectivity index (χ1v) is 8.49. The lowest BCUT2D eigenvalue weighted by Crippen LogP contribution is -2.50. The van der Waals surface area contributed by atoms with E-state index in [2.05, 4.69) is 46.2 Å². The number of aliphatic hydroxyl groups is 1. The second-order valence-corrected chi connectivity index (χ2v) is 6.51. The summed E-state index contributed by atoms with van der Waals surface area (Å²) >= 11 is 6.05. The molecule has 1 aliphatic rings. The van der Waals surface area contributed by atoms with Gasteiger partial charge in [0.05, 0.1) is 6.04 Å². The van der Waals surface area contributed by atoms with Crippen LogP contribution in [0.5, 0.6) is 0 Å². The Morgan fingerprint density at radius 3 is 1.91 bits per heavy atom. The smallest absolute Gasteiger partial charge is 0.104 e. The Bertz CT molecular complexity index is 607. The molecule has 0 spiro atoms. The average molecular weight is 331 g/mol. The van der Waals surface area contributed by atoms with Crippen LogP contribution in [0.15, 0.2) is 54.6 Å². The van der Waals surface area contributed by atoms with Gasteiger partial charge in [0.15, 0.2) is 0 Å². The lowest BCUT2D eigenvalue weighted by molar-refractivity contribution is -0.0182. The maximum Gasteiger partial charge on any atom is 0.104 e. The normalized spacial score (nSPS) is 19.4. The van der Waals surface area contributed by atoms with Crippen LogP contribution in [0.25, 0.3) is 0 Å². The van der Waals surface area contributed by atoms with E-state index < -0.39 is 0 Å². The van der Waals surface area contributed by atoms with Gasteiger partial charge in [-0.1, -0.05) is 54.1 Å². The van der Waals surface area contributed by atoms with Crippen LogP contribution < -0.4 is 0 Å². The molecule has 1 saturated heterocycles. The van der Waals surface area contributed by atoms with E-state index in [0.717, 1.165) is 31.2 Å². The lowest BCUT2D eigenvalue weighted by Gasteiger charge is -2.40. The first-order valence-electron chi connectivity index (χ1n) is 8.12. The highest BCUT2D eigenvalue weighted by atomic mass is 35.5. The molecule has 4 heteroatoms. The Morgan fingerprint density at radius 1 is 0.826 bits per heavy atom. The van der Waals surface area contributed by atoms with Gasteiger partial charge >= 0.3 is 0 Å². The summed E-state index contributed by atoms with van der Waals surface area (Å²) in [5.41, 5.74) is 2.55. The fraction of sp³-hybridized carbons (Fsp3) is 0.368. The minimum atomic E-state index is -0.372. The van der Waals surface area contributed by atoms with E-state index in [1.807, 2.05) is 25.1 Å². The van der Waals surface area contributed by atoms with Crippen LogP contribution >= 0.6 is 11.6 Å². The van der Waals surface area contributed by atoms with Crippen molar-refractivity contribution in [2.75, 3.05) is 26.2 Å². The lowest BCUT2D eigenvalue weighted by atomic mass is 9.96. The molecule has 0 amide bonds. The molecule has 0 aromatic heterocycles. The second kappa shape index (κ2) is 7.45. The van der Waals surface area contributed by atoms with Crippen LogP contribution in [-0.2, 0) is 0 Å². The van der Waals surface area contributed by atoms with E-state index in [-0.39, 0.29) is 12.3 Å². The first-order chi connectivity index (χ1) is 11.1. The van der Waals surface area contributed by atoms with E-state index in [4.69, 9.17) is 11.6 Å².